The van der Waals surface area contributed by atoms with E-state index in [-0.39, 0.29) is 16.5 Å². The molecule has 18 heavy (non-hydrogen) atoms. The summed E-state index contributed by atoms with van der Waals surface area (Å²) in [5.74, 6) is -1.43. The summed E-state index contributed by atoms with van der Waals surface area (Å²) in [6.45, 7) is 2.20. The Bertz CT molecular complexity index is 511. The molecule has 0 unspecified atom stereocenters. The van der Waals surface area contributed by atoms with Crippen LogP contribution in [0, 0.1) is 0 Å². The maximum absolute atomic E-state index is 11.9. The molecule has 1 rings (SSSR count). The molecule has 0 radical (unpaired) electrons. The highest BCUT2D eigenvalue weighted by atomic mass is 35.5. The molecule has 0 aliphatic carbocycles. The van der Waals surface area contributed by atoms with Gasteiger partial charge in [0.1, 0.15) is 0 Å². The molecule has 0 bridgehead atoms. The fourth-order valence-corrected chi connectivity index (χ4v) is 2.99. The summed E-state index contributed by atoms with van der Waals surface area (Å²) in [5.41, 5.74) is 0. The first-order chi connectivity index (χ1) is 8.47. The molecule has 1 aromatic carbocycles. The quantitative estimate of drug-likeness (QED) is 0.596. The maximum atomic E-state index is 11.9. The number of ether oxygens (including phenoxy) is 1. The minimum absolute atomic E-state index is 0.0425. The zero-order valence-electron chi connectivity index (χ0n) is 10.1. The van der Waals surface area contributed by atoms with Crippen LogP contribution in [0.15, 0.2) is 29.2 Å². The van der Waals surface area contributed by atoms with Crippen molar-refractivity contribution >= 4 is 27.4 Å². The third-order valence-electron chi connectivity index (χ3n) is 2.24. The zero-order valence-corrected chi connectivity index (χ0v) is 11.6. The Morgan fingerprint density at radius 2 is 2.00 bits per heavy atom. The second-order valence-electron chi connectivity index (χ2n) is 3.76. The highest BCUT2D eigenvalue weighted by Gasteiger charge is 2.22. The number of hydrogen-bond donors (Lipinski definition) is 0. The monoisotopic (exact) mass is 290 g/mol. The zero-order chi connectivity index (χ0) is 13.6. The first-order valence-corrected chi connectivity index (χ1v) is 7.63. The van der Waals surface area contributed by atoms with Crippen LogP contribution in [0.3, 0.4) is 0 Å². The van der Waals surface area contributed by atoms with Crippen molar-refractivity contribution in [3.05, 3.63) is 29.3 Å². The van der Waals surface area contributed by atoms with Gasteiger partial charge in [-0.2, -0.15) is 0 Å². The van der Waals surface area contributed by atoms with E-state index in [1.54, 1.807) is 12.1 Å². The van der Waals surface area contributed by atoms with Gasteiger partial charge in [0.05, 0.1) is 16.5 Å². The molecule has 0 N–H and O–H groups in total. The van der Waals surface area contributed by atoms with E-state index in [1.807, 2.05) is 6.92 Å². The molecule has 0 atom stereocenters. The van der Waals surface area contributed by atoms with Gasteiger partial charge < -0.3 is 4.74 Å². The van der Waals surface area contributed by atoms with E-state index < -0.39 is 21.6 Å². The van der Waals surface area contributed by atoms with Gasteiger partial charge in [-0.3, -0.25) is 4.79 Å². The molecule has 0 spiro atoms. The first kappa shape index (κ1) is 15.0. The van der Waals surface area contributed by atoms with E-state index in [0.29, 0.717) is 0 Å². The van der Waals surface area contributed by atoms with Crippen molar-refractivity contribution in [3.63, 3.8) is 0 Å². The van der Waals surface area contributed by atoms with E-state index in [1.165, 1.54) is 12.1 Å². The molecule has 0 amide bonds. The average molecular weight is 291 g/mol. The summed E-state index contributed by atoms with van der Waals surface area (Å²) < 4.78 is 28.6. The molecule has 0 fully saturated rings. The van der Waals surface area contributed by atoms with E-state index >= 15 is 0 Å². The van der Waals surface area contributed by atoms with E-state index in [9.17, 15) is 13.2 Å². The lowest BCUT2D eigenvalue weighted by Crippen LogP contribution is -2.19. The molecule has 0 aliphatic heterocycles. The van der Waals surface area contributed by atoms with Gasteiger partial charge >= 0.3 is 5.97 Å². The number of sulfone groups is 1. The van der Waals surface area contributed by atoms with Crippen LogP contribution in [0.2, 0.25) is 5.02 Å². The number of esters is 1. The van der Waals surface area contributed by atoms with Crippen molar-refractivity contribution in [3.8, 4) is 0 Å². The van der Waals surface area contributed by atoms with Gasteiger partial charge in [-0.25, -0.2) is 8.42 Å². The SMILES string of the molecule is CCCCOC(=O)CS(=O)(=O)c1ccccc1Cl. The summed E-state index contributed by atoms with van der Waals surface area (Å²) in [6, 6.07) is 6.02. The Morgan fingerprint density at radius 3 is 2.61 bits per heavy atom. The maximum Gasteiger partial charge on any atom is 0.321 e. The summed E-state index contributed by atoms with van der Waals surface area (Å²) in [6.07, 6.45) is 1.60. The van der Waals surface area contributed by atoms with Crippen LogP contribution in [0.5, 0.6) is 0 Å². The fourth-order valence-electron chi connectivity index (χ4n) is 1.30. The number of benzene rings is 1. The molecule has 100 valence electrons. The van der Waals surface area contributed by atoms with Crippen molar-refractivity contribution in [1.82, 2.24) is 0 Å². The summed E-state index contributed by atoms with van der Waals surface area (Å²) >= 11 is 5.79. The van der Waals surface area contributed by atoms with E-state index in [4.69, 9.17) is 16.3 Å². The number of carbonyl (C=O) groups excluding carboxylic acids is 1. The van der Waals surface area contributed by atoms with E-state index in [2.05, 4.69) is 0 Å². The number of halogens is 1. The van der Waals surface area contributed by atoms with Gasteiger partial charge in [0.25, 0.3) is 0 Å². The standard InChI is InChI=1S/C12H15ClO4S/c1-2-3-8-17-12(14)9-18(15,16)11-7-5-4-6-10(11)13/h4-7H,2-3,8-9H2,1H3. The average Bonchev–Trinajstić information content (AvgIpc) is 2.29. The lowest BCUT2D eigenvalue weighted by Gasteiger charge is -2.06. The summed E-state index contributed by atoms with van der Waals surface area (Å²) in [5, 5.41) is 0.110. The van der Waals surface area contributed by atoms with Gasteiger partial charge in [0.2, 0.25) is 0 Å². The number of carbonyl (C=O) groups is 1. The van der Waals surface area contributed by atoms with Crippen molar-refractivity contribution in [1.29, 1.82) is 0 Å². The van der Waals surface area contributed by atoms with Crippen LogP contribution in [-0.2, 0) is 19.4 Å². The molecule has 0 aliphatic rings. The Balaban J connectivity index is 2.71. The van der Waals surface area contributed by atoms with Crippen molar-refractivity contribution in [2.24, 2.45) is 0 Å². The third kappa shape index (κ3) is 4.31. The Labute approximate surface area is 112 Å². The van der Waals surface area contributed by atoms with Crippen LogP contribution in [0.25, 0.3) is 0 Å². The van der Waals surface area contributed by atoms with Crippen LogP contribution >= 0.6 is 11.6 Å². The molecule has 0 heterocycles. The minimum atomic E-state index is -3.73. The van der Waals surface area contributed by atoms with Gasteiger partial charge in [0, 0.05) is 0 Å². The third-order valence-corrected chi connectivity index (χ3v) is 4.32. The normalized spacial score (nSPS) is 11.2. The predicted molar refractivity (Wildman–Crippen MR) is 69.4 cm³/mol. The molecule has 1 aromatic rings. The molecule has 4 nitrogen and oxygen atoms in total. The smallest absolute Gasteiger partial charge is 0.321 e. The topological polar surface area (TPSA) is 60.4 Å². The Morgan fingerprint density at radius 1 is 1.33 bits per heavy atom. The highest BCUT2D eigenvalue weighted by Crippen LogP contribution is 2.21. The predicted octanol–water partition coefficient (Wildman–Crippen LogP) is 2.46. The Kier molecular flexibility index (Phi) is 5.62. The molecule has 0 saturated heterocycles. The number of hydrogen-bond acceptors (Lipinski definition) is 4. The lowest BCUT2D eigenvalue weighted by molar-refractivity contribution is -0.140. The molecular formula is C12H15ClO4S. The largest absolute Gasteiger partial charge is 0.465 e. The minimum Gasteiger partial charge on any atom is -0.465 e. The van der Waals surface area contributed by atoms with Gasteiger partial charge in [0.15, 0.2) is 15.6 Å². The second-order valence-corrected chi connectivity index (χ2v) is 6.13. The Hall–Kier alpha value is -1.07. The van der Waals surface area contributed by atoms with Crippen LogP contribution in [-0.4, -0.2) is 26.7 Å². The number of rotatable bonds is 6. The van der Waals surface area contributed by atoms with Gasteiger partial charge in [-0.05, 0) is 18.6 Å². The van der Waals surface area contributed by atoms with E-state index in [0.717, 1.165) is 12.8 Å². The summed E-state index contributed by atoms with van der Waals surface area (Å²) in [7, 11) is -3.73. The van der Waals surface area contributed by atoms with Crippen molar-refractivity contribution in [2.75, 3.05) is 12.4 Å². The van der Waals surface area contributed by atoms with Crippen molar-refractivity contribution < 1.29 is 17.9 Å². The molecule has 0 saturated carbocycles. The second kappa shape index (κ2) is 6.75. The van der Waals surface area contributed by atoms with Gasteiger partial charge in [-0.15, -0.1) is 0 Å². The summed E-state index contributed by atoms with van der Waals surface area (Å²) in [4.78, 5) is 11.3. The lowest BCUT2D eigenvalue weighted by atomic mass is 10.4. The fraction of sp³-hybridized carbons (Fsp3) is 0.417. The first-order valence-electron chi connectivity index (χ1n) is 5.60. The molecule has 0 aromatic heterocycles. The van der Waals surface area contributed by atoms with Crippen LogP contribution < -0.4 is 0 Å². The van der Waals surface area contributed by atoms with Crippen LogP contribution in [0.4, 0.5) is 0 Å². The molecular weight excluding hydrogens is 276 g/mol. The van der Waals surface area contributed by atoms with Gasteiger partial charge in [-0.1, -0.05) is 37.1 Å². The number of unbranched alkanes of at least 4 members (excludes halogenated alkanes) is 1. The molecule has 6 heteroatoms. The van der Waals surface area contributed by atoms with Crippen molar-refractivity contribution in [2.45, 2.75) is 24.7 Å². The highest BCUT2D eigenvalue weighted by molar-refractivity contribution is 7.92. The van der Waals surface area contributed by atoms with Crippen LogP contribution in [0.1, 0.15) is 19.8 Å².